The molecule has 14 atom stereocenters. The number of aliphatic hydroxyl groups is 4. The Balaban J connectivity index is 0.990. The molecule has 3 saturated heterocycles. The van der Waals surface area contributed by atoms with Crippen LogP contribution in [0.2, 0.25) is 0 Å². The molecule has 0 saturated carbocycles. The van der Waals surface area contributed by atoms with E-state index >= 15 is 0 Å². The number of ether oxygens (including phenoxy) is 3. The van der Waals surface area contributed by atoms with Crippen LogP contribution in [0.5, 0.6) is 0 Å². The number of phosphoric acid groups is 3. The van der Waals surface area contributed by atoms with Gasteiger partial charge in [-0.3, -0.25) is 65.7 Å². The Hall–Kier alpha value is -4.97. The largest absolute Gasteiger partial charge is 0.472 e. The van der Waals surface area contributed by atoms with Crippen molar-refractivity contribution in [1.29, 1.82) is 0 Å². The number of anilines is 2. The molecule has 38 heteroatoms. The minimum atomic E-state index is -5.60. The predicted molar refractivity (Wildman–Crippen MR) is 211 cm³/mol. The quantitative estimate of drug-likeness (QED) is 0.0410. The Bertz CT molecular complexity index is 3060. The number of aliphatic hydroxyl groups excluding tert-OH is 4. The number of nitrogens with one attached hydrogen (secondary N) is 3. The smallest absolute Gasteiger partial charge is 0.387 e. The standard InChI is InChI=1S/C29H37N12O23P3/c30-27-35-20-12(22(47)37-27)32-6-40(20)24-15(44)14(43)8(60-24)3-58-66(53,54)64-19-10(61-25(16(19)45)39-2-1-11(42)34-29(39)49)5-59-67(55,56)63-18-9(4-57-65(50,51)52)62-26(17(18)46)41-7-33-13-21(41)36-28(31)38-23(13)48/h1-2,6-10,14-19,24-26,43-46H,3-5H2,(H,53,54)(H,55,56)(H,34,42,49)(H2,50,51,52)(H3,30,35,37,47)(H3,31,36,38,48)/t8-,9-,10-,14-,15-,16-,17-,18-,19-,24-,25-,26-/m1/s1. The molecule has 0 amide bonds. The molecule has 3 fully saturated rings. The fraction of sp³-hybridized carbons (Fsp3) is 0.517. The topological polar surface area (TPSA) is 521 Å². The minimum Gasteiger partial charge on any atom is -0.387 e. The highest BCUT2D eigenvalue weighted by atomic mass is 31.2. The molecule has 67 heavy (non-hydrogen) atoms. The van der Waals surface area contributed by atoms with Crippen LogP contribution >= 0.6 is 23.5 Å². The van der Waals surface area contributed by atoms with Crippen molar-refractivity contribution >= 4 is 57.7 Å². The van der Waals surface area contributed by atoms with Crippen molar-refractivity contribution < 1.29 is 90.5 Å². The number of aromatic nitrogens is 10. The van der Waals surface area contributed by atoms with Gasteiger partial charge >= 0.3 is 29.2 Å². The van der Waals surface area contributed by atoms with Crippen LogP contribution in [-0.4, -0.2) is 163 Å². The van der Waals surface area contributed by atoms with Crippen LogP contribution in [-0.2, 0) is 50.5 Å². The number of fused-ring (bicyclic) bond motifs is 2. The van der Waals surface area contributed by atoms with E-state index in [-0.39, 0.29) is 28.3 Å². The van der Waals surface area contributed by atoms with Crippen molar-refractivity contribution in [3.8, 4) is 0 Å². The first kappa shape index (κ1) is 48.5. The fourth-order valence-corrected chi connectivity index (χ4v) is 9.55. The molecule has 5 aromatic rings. The molecule has 0 radical (unpaired) electrons. The van der Waals surface area contributed by atoms with Crippen LogP contribution < -0.4 is 33.8 Å². The number of nitrogen functional groups attached to an aromatic ring is 2. The second-order valence-corrected chi connectivity index (χ2v) is 18.7. The zero-order valence-electron chi connectivity index (χ0n) is 33.2. The van der Waals surface area contributed by atoms with Crippen LogP contribution in [0.1, 0.15) is 18.7 Å². The summed E-state index contributed by atoms with van der Waals surface area (Å²) in [5, 5.41) is 44.2. The first-order valence-electron chi connectivity index (χ1n) is 18.9. The van der Waals surface area contributed by atoms with Gasteiger partial charge in [-0.2, -0.15) is 9.97 Å². The summed E-state index contributed by atoms with van der Waals surface area (Å²) in [6, 6.07) is 0.835. The van der Waals surface area contributed by atoms with Gasteiger partial charge in [-0.1, -0.05) is 0 Å². The molecule has 5 aromatic heterocycles. The molecule has 8 rings (SSSR count). The van der Waals surface area contributed by atoms with Crippen LogP contribution in [0, 0.1) is 0 Å². The van der Waals surface area contributed by atoms with Gasteiger partial charge in [-0.05, 0) is 0 Å². The number of hydrogen-bond acceptors (Lipinski definition) is 25. The Kier molecular flexibility index (Phi) is 13.1. The number of imidazole rings is 2. The van der Waals surface area contributed by atoms with Gasteiger partial charge < -0.3 is 65.7 Å². The summed E-state index contributed by atoms with van der Waals surface area (Å²) >= 11 is 0. The van der Waals surface area contributed by atoms with Crippen molar-refractivity contribution in [2.75, 3.05) is 31.3 Å². The molecule has 35 nitrogen and oxygen atoms in total. The first-order chi connectivity index (χ1) is 31.4. The highest BCUT2D eigenvalue weighted by molar-refractivity contribution is 7.47. The summed E-state index contributed by atoms with van der Waals surface area (Å²) in [4.78, 5) is 111. The SMILES string of the molecule is Nc1nc2c(ncn2[C@@H]2O[C@H](COP(=O)(O)O[C@H]3[C@@H](O)[C@H](n4ccc(=O)[nH]c4=O)O[C@@H]3COP(=O)(O)O[C@H]3[C@@H](O)[C@H](n4cnc5c(=O)[nH]c(N)nc54)O[C@@H]3COP(=O)(O)O)[C@@H](O)[C@H]2O)c(=O)[nH]1. The number of nitrogens with two attached hydrogens (primary N) is 2. The van der Waals surface area contributed by atoms with E-state index in [9.17, 15) is 72.9 Å². The van der Waals surface area contributed by atoms with Crippen molar-refractivity contribution in [2.24, 2.45) is 0 Å². The van der Waals surface area contributed by atoms with E-state index in [0.29, 0.717) is 4.57 Å². The predicted octanol–water partition coefficient (Wildman–Crippen LogP) is -5.78. The second-order valence-electron chi connectivity index (χ2n) is 14.7. The molecule has 366 valence electrons. The summed E-state index contributed by atoms with van der Waals surface area (Å²) in [5.74, 6) is -0.720. The number of phosphoric ester groups is 3. The van der Waals surface area contributed by atoms with Gasteiger partial charge in [-0.25, -0.2) is 28.5 Å². The maximum absolute atomic E-state index is 13.5. The van der Waals surface area contributed by atoms with Gasteiger partial charge in [0.1, 0.15) is 54.9 Å². The molecular formula is C29H37N12O23P3. The first-order valence-corrected chi connectivity index (χ1v) is 23.4. The summed E-state index contributed by atoms with van der Waals surface area (Å²) in [6.45, 7) is -3.36. The maximum Gasteiger partial charge on any atom is 0.472 e. The Morgan fingerprint density at radius 1 is 0.612 bits per heavy atom. The van der Waals surface area contributed by atoms with Crippen LogP contribution in [0.3, 0.4) is 0 Å². The number of nitrogens with zero attached hydrogens (tertiary/aromatic N) is 7. The molecule has 2 unspecified atom stereocenters. The van der Waals surface area contributed by atoms with E-state index in [0.717, 1.165) is 34.1 Å². The highest BCUT2D eigenvalue weighted by Gasteiger charge is 2.53. The van der Waals surface area contributed by atoms with E-state index in [4.69, 9.17) is 43.8 Å². The monoisotopic (exact) mass is 1010 g/mol. The second kappa shape index (κ2) is 18.2. The third kappa shape index (κ3) is 9.97. The number of hydrogen-bond donors (Lipinski definition) is 13. The average Bonchev–Trinajstić information content (AvgIpc) is 4.04. The van der Waals surface area contributed by atoms with Crippen LogP contribution in [0.4, 0.5) is 11.9 Å². The Morgan fingerprint density at radius 2 is 1.04 bits per heavy atom. The molecule has 3 aliphatic heterocycles. The van der Waals surface area contributed by atoms with Gasteiger partial charge in [0.25, 0.3) is 16.7 Å². The fourth-order valence-electron chi connectivity index (χ4n) is 7.28. The normalized spacial score (nSPS) is 30.9. The summed E-state index contributed by atoms with van der Waals surface area (Å²) < 4.78 is 83.1. The number of aromatic amines is 3. The van der Waals surface area contributed by atoms with Gasteiger partial charge in [0, 0.05) is 12.3 Å². The molecule has 8 heterocycles. The van der Waals surface area contributed by atoms with Crippen molar-refractivity contribution in [3.63, 3.8) is 0 Å². The summed E-state index contributed by atoms with van der Waals surface area (Å²) in [7, 11) is -16.4. The zero-order chi connectivity index (χ0) is 48.5. The van der Waals surface area contributed by atoms with E-state index in [2.05, 4.69) is 34.4 Å². The maximum atomic E-state index is 13.5. The van der Waals surface area contributed by atoms with Crippen LogP contribution in [0.25, 0.3) is 22.3 Å². The van der Waals surface area contributed by atoms with E-state index in [1.165, 1.54) is 0 Å². The molecule has 0 aliphatic carbocycles. The minimum absolute atomic E-state index is 0.163. The van der Waals surface area contributed by atoms with E-state index < -0.39 is 145 Å². The number of rotatable bonds is 16. The molecule has 0 spiro atoms. The molecule has 0 bridgehead atoms. The number of H-pyrrole nitrogens is 3. The van der Waals surface area contributed by atoms with E-state index in [1.807, 2.05) is 4.98 Å². The van der Waals surface area contributed by atoms with E-state index in [1.54, 1.807) is 0 Å². The van der Waals surface area contributed by atoms with Gasteiger partial charge in [0.05, 0.1) is 32.5 Å². The molecule has 0 aromatic carbocycles. The highest BCUT2D eigenvalue weighted by Crippen LogP contribution is 2.52. The Labute approximate surface area is 367 Å². The van der Waals surface area contributed by atoms with Crippen LogP contribution in [0.15, 0.2) is 44.1 Å². The lowest BCUT2D eigenvalue weighted by atomic mass is 10.1. The van der Waals surface area contributed by atoms with Crippen molar-refractivity contribution in [2.45, 2.75) is 73.6 Å². The van der Waals surface area contributed by atoms with Gasteiger partial charge in [0.2, 0.25) is 11.9 Å². The lowest BCUT2D eigenvalue weighted by molar-refractivity contribution is -0.0631. The van der Waals surface area contributed by atoms with Gasteiger partial charge in [-0.15, -0.1) is 0 Å². The third-order valence-electron chi connectivity index (χ3n) is 10.3. The Morgan fingerprint density at radius 3 is 1.52 bits per heavy atom. The lowest BCUT2D eigenvalue weighted by Gasteiger charge is -2.26. The molecule has 15 N–H and O–H groups in total. The third-order valence-corrected chi connectivity index (χ3v) is 12.7. The molecule has 3 aliphatic rings. The molecular weight excluding hydrogens is 977 g/mol. The summed E-state index contributed by atoms with van der Waals surface area (Å²) in [5.41, 5.74) is 6.70. The van der Waals surface area contributed by atoms with Crippen molar-refractivity contribution in [3.05, 3.63) is 66.5 Å². The van der Waals surface area contributed by atoms with Crippen molar-refractivity contribution in [1.82, 2.24) is 48.6 Å². The van der Waals surface area contributed by atoms with Gasteiger partial charge in [0.15, 0.2) is 41.0 Å². The lowest BCUT2D eigenvalue weighted by Crippen LogP contribution is -2.39. The average molecular weight is 1010 g/mol. The zero-order valence-corrected chi connectivity index (χ0v) is 35.9. The summed E-state index contributed by atoms with van der Waals surface area (Å²) in [6.07, 6.45) is -19.7.